The van der Waals surface area contributed by atoms with Gasteiger partial charge in [0.05, 0.1) is 12.7 Å². The molecule has 0 bridgehead atoms. The van der Waals surface area contributed by atoms with Gasteiger partial charge in [-0.25, -0.2) is 0 Å². The SMILES string of the molecule is CC1CCC(CNCCOC2CCCCC2)CC1. The van der Waals surface area contributed by atoms with Gasteiger partial charge in [0.2, 0.25) is 0 Å². The molecule has 0 aromatic heterocycles. The van der Waals surface area contributed by atoms with Crippen LogP contribution in [-0.2, 0) is 4.74 Å². The van der Waals surface area contributed by atoms with Gasteiger partial charge < -0.3 is 10.1 Å². The van der Waals surface area contributed by atoms with E-state index < -0.39 is 0 Å². The van der Waals surface area contributed by atoms with Crippen molar-refractivity contribution in [1.82, 2.24) is 5.32 Å². The summed E-state index contributed by atoms with van der Waals surface area (Å²) in [4.78, 5) is 0. The minimum Gasteiger partial charge on any atom is -0.377 e. The molecule has 1 N–H and O–H groups in total. The van der Waals surface area contributed by atoms with Gasteiger partial charge in [0, 0.05) is 6.54 Å². The van der Waals surface area contributed by atoms with Gasteiger partial charge in [0.15, 0.2) is 0 Å². The predicted octanol–water partition coefficient (Wildman–Crippen LogP) is 3.75. The maximum atomic E-state index is 5.93. The summed E-state index contributed by atoms with van der Waals surface area (Å²) in [6.45, 7) is 5.55. The monoisotopic (exact) mass is 253 g/mol. The zero-order valence-electron chi connectivity index (χ0n) is 12.1. The van der Waals surface area contributed by atoms with E-state index in [1.165, 1.54) is 64.3 Å². The molecule has 0 saturated heterocycles. The molecule has 106 valence electrons. The molecule has 2 aliphatic rings. The van der Waals surface area contributed by atoms with E-state index in [-0.39, 0.29) is 0 Å². The van der Waals surface area contributed by atoms with E-state index in [9.17, 15) is 0 Å². The van der Waals surface area contributed by atoms with E-state index in [1.807, 2.05) is 0 Å². The van der Waals surface area contributed by atoms with Crippen molar-refractivity contribution in [1.29, 1.82) is 0 Å². The van der Waals surface area contributed by atoms with Gasteiger partial charge in [-0.05, 0) is 44.1 Å². The molecule has 0 spiro atoms. The van der Waals surface area contributed by atoms with Crippen LogP contribution in [0.15, 0.2) is 0 Å². The average molecular weight is 253 g/mol. The Labute approximate surface area is 113 Å². The summed E-state index contributed by atoms with van der Waals surface area (Å²) in [5, 5.41) is 3.58. The van der Waals surface area contributed by atoms with Crippen LogP contribution < -0.4 is 5.32 Å². The topological polar surface area (TPSA) is 21.3 Å². The van der Waals surface area contributed by atoms with Crippen molar-refractivity contribution in [2.75, 3.05) is 19.7 Å². The Hall–Kier alpha value is -0.0800. The number of hydrogen-bond acceptors (Lipinski definition) is 2. The van der Waals surface area contributed by atoms with Crippen molar-refractivity contribution in [3.05, 3.63) is 0 Å². The lowest BCUT2D eigenvalue weighted by Gasteiger charge is -2.26. The van der Waals surface area contributed by atoms with E-state index in [0.717, 1.165) is 25.0 Å². The van der Waals surface area contributed by atoms with Gasteiger partial charge in [-0.15, -0.1) is 0 Å². The summed E-state index contributed by atoms with van der Waals surface area (Å²) in [5.41, 5.74) is 0. The fourth-order valence-corrected chi connectivity index (χ4v) is 3.37. The standard InChI is InChI=1S/C16H31NO/c1-14-7-9-15(10-8-14)13-17-11-12-18-16-5-3-2-4-6-16/h14-17H,2-13H2,1H3. The maximum absolute atomic E-state index is 5.93. The van der Waals surface area contributed by atoms with Gasteiger partial charge in [-0.2, -0.15) is 0 Å². The average Bonchev–Trinajstić information content (AvgIpc) is 2.42. The van der Waals surface area contributed by atoms with Crippen molar-refractivity contribution in [2.24, 2.45) is 11.8 Å². The Morgan fingerprint density at radius 2 is 1.67 bits per heavy atom. The fourth-order valence-electron chi connectivity index (χ4n) is 3.37. The number of nitrogens with one attached hydrogen (secondary N) is 1. The summed E-state index contributed by atoms with van der Waals surface area (Å²) in [5.74, 6) is 1.90. The minimum atomic E-state index is 0.566. The van der Waals surface area contributed by atoms with E-state index >= 15 is 0 Å². The van der Waals surface area contributed by atoms with Gasteiger partial charge in [0.1, 0.15) is 0 Å². The second-order valence-corrected chi connectivity index (χ2v) is 6.46. The summed E-state index contributed by atoms with van der Waals surface area (Å²) in [6, 6.07) is 0. The first kappa shape index (κ1) is 14.3. The molecule has 0 atom stereocenters. The molecule has 0 aromatic carbocycles. The number of hydrogen-bond donors (Lipinski definition) is 1. The molecule has 2 saturated carbocycles. The number of ether oxygens (including phenoxy) is 1. The van der Waals surface area contributed by atoms with Crippen molar-refractivity contribution in [3.63, 3.8) is 0 Å². The van der Waals surface area contributed by atoms with Crippen LogP contribution in [-0.4, -0.2) is 25.8 Å². The van der Waals surface area contributed by atoms with Crippen LogP contribution in [0.25, 0.3) is 0 Å². The lowest BCUT2D eigenvalue weighted by Crippen LogP contribution is -2.30. The molecule has 2 heteroatoms. The highest BCUT2D eigenvalue weighted by Crippen LogP contribution is 2.27. The third-order valence-electron chi connectivity index (χ3n) is 4.75. The Morgan fingerprint density at radius 1 is 0.944 bits per heavy atom. The van der Waals surface area contributed by atoms with Crippen LogP contribution in [0.3, 0.4) is 0 Å². The highest BCUT2D eigenvalue weighted by atomic mass is 16.5. The summed E-state index contributed by atoms with van der Waals surface area (Å²) < 4.78 is 5.93. The highest BCUT2D eigenvalue weighted by molar-refractivity contribution is 4.72. The highest BCUT2D eigenvalue weighted by Gasteiger charge is 2.17. The van der Waals surface area contributed by atoms with Gasteiger partial charge in [0.25, 0.3) is 0 Å². The summed E-state index contributed by atoms with van der Waals surface area (Å²) >= 11 is 0. The second-order valence-electron chi connectivity index (χ2n) is 6.46. The first-order valence-corrected chi connectivity index (χ1v) is 8.17. The Balaban J connectivity index is 1.43. The minimum absolute atomic E-state index is 0.566. The molecule has 0 aromatic rings. The molecular weight excluding hydrogens is 222 g/mol. The molecule has 2 aliphatic carbocycles. The molecular formula is C16H31NO. The molecule has 0 aliphatic heterocycles. The fraction of sp³-hybridized carbons (Fsp3) is 1.00. The zero-order chi connectivity index (χ0) is 12.6. The van der Waals surface area contributed by atoms with Crippen molar-refractivity contribution in [2.45, 2.75) is 70.8 Å². The predicted molar refractivity (Wildman–Crippen MR) is 76.8 cm³/mol. The summed E-state index contributed by atoms with van der Waals surface area (Å²) in [6.07, 6.45) is 13.0. The molecule has 2 fully saturated rings. The molecule has 18 heavy (non-hydrogen) atoms. The van der Waals surface area contributed by atoms with Crippen LogP contribution >= 0.6 is 0 Å². The second kappa shape index (κ2) is 8.16. The van der Waals surface area contributed by atoms with Gasteiger partial charge in [-0.1, -0.05) is 39.0 Å². The van der Waals surface area contributed by atoms with Crippen LogP contribution in [0.5, 0.6) is 0 Å². The van der Waals surface area contributed by atoms with E-state index in [1.54, 1.807) is 0 Å². The molecule has 0 heterocycles. The van der Waals surface area contributed by atoms with Gasteiger partial charge in [-0.3, -0.25) is 0 Å². The smallest absolute Gasteiger partial charge is 0.0594 e. The van der Waals surface area contributed by atoms with Crippen LogP contribution in [0.4, 0.5) is 0 Å². The zero-order valence-corrected chi connectivity index (χ0v) is 12.1. The lowest BCUT2D eigenvalue weighted by molar-refractivity contribution is 0.0298. The first-order valence-electron chi connectivity index (χ1n) is 8.17. The quantitative estimate of drug-likeness (QED) is 0.728. The van der Waals surface area contributed by atoms with Gasteiger partial charge >= 0.3 is 0 Å². The number of rotatable bonds is 6. The van der Waals surface area contributed by atoms with E-state index in [0.29, 0.717) is 6.10 Å². The van der Waals surface area contributed by atoms with Crippen molar-refractivity contribution in [3.8, 4) is 0 Å². The van der Waals surface area contributed by atoms with E-state index in [4.69, 9.17) is 4.74 Å². The lowest BCUT2D eigenvalue weighted by atomic mass is 9.83. The molecule has 2 rings (SSSR count). The Bertz CT molecular complexity index is 205. The molecule has 0 radical (unpaired) electrons. The Morgan fingerprint density at radius 3 is 2.39 bits per heavy atom. The third-order valence-corrected chi connectivity index (χ3v) is 4.75. The maximum Gasteiger partial charge on any atom is 0.0594 e. The van der Waals surface area contributed by atoms with Crippen molar-refractivity contribution >= 4 is 0 Å². The molecule has 2 nitrogen and oxygen atoms in total. The van der Waals surface area contributed by atoms with E-state index in [2.05, 4.69) is 12.2 Å². The Kier molecular flexibility index (Phi) is 6.50. The van der Waals surface area contributed by atoms with Crippen LogP contribution in [0.2, 0.25) is 0 Å². The normalized spacial score (nSPS) is 30.5. The molecule has 0 unspecified atom stereocenters. The van der Waals surface area contributed by atoms with Crippen LogP contribution in [0, 0.1) is 11.8 Å². The van der Waals surface area contributed by atoms with Crippen LogP contribution in [0.1, 0.15) is 64.7 Å². The third kappa shape index (κ3) is 5.27. The largest absolute Gasteiger partial charge is 0.377 e. The first-order chi connectivity index (χ1) is 8.84. The summed E-state index contributed by atoms with van der Waals surface area (Å²) in [7, 11) is 0. The van der Waals surface area contributed by atoms with Crippen molar-refractivity contribution < 1.29 is 4.74 Å². The molecule has 0 amide bonds.